The Morgan fingerprint density at radius 2 is 2.12 bits per heavy atom. The van der Waals surface area contributed by atoms with Crippen LogP contribution in [0.4, 0.5) is 8.78 Å². The molecule has 0 aliphatic carbocycles. The van der Waals surface area contributed by atoms with Crippen molar-refractivity contribution in [1.29, 1.82) is 0 Å². The van der Waals surface area contributed by atoms with Crippen molar-refractivity contribution in [3.63, 3.8) is 0 Å². The molecule has 1 aromatic carbocycles. The zero-order valence-corrected chi connectivity index (χ0v) is 10.7. The number of rotatable bonds is 5. The molecule has 0 saturated heterocycles. The summed E-state index contributed by atoms with van der Waals surface area (Å²) in [5.41, 5.74) is 3.27. The van der Waals surface area contributed by atoms with E-state index in [-0.39, 0.29) is 10.5 Å². The van der Waals surface area contributed by atoms with Crippen molar-refractivity contribution in [3.8, 4) is 0 Å². The third-order valence-electron chi connectivity index (χ3n) is 2.49. The van der Waals surface area contributed by atoms with Gasteiger partial charge in [0, 0.05) is 6.04 Å². The van der Waals surface area contributed by atoms with Gasteiger partial charge in [0.2, 0.25) is 0 Å². The Kier molecular flexibility index (Phi) is 5.31. The molecule has 0 fully saturated rings. The summed E-state index contributed by atoms with van der Waals surface area (Å²) < 4.78 is 26.4. The van der Waals surface area contributed by atoms with E-state index in [1.165, 1.54) is 0 Å². The number of nitrogens with one attached hydrogen (secondary N) is 1. The fourth-order valence-corrected chi connectivity index (χ4v) is 2.14. The molecule has 90 valence electrons. The van der Waals surface area contributed by atoms with Crippen LogP contribution in [0.15, 0.2) is 16.6 Å². The van der Waals surface area contributed by atoms with Gasteiger partial charge in [-0.25, -0.2) is 8.78 Å². The van der Waals surface area contributed by atoms with Gasteiger partial charge in [0.05, 0.1) is 4.47 Å². The van der Waals surface area contributed by atoms with Gasteiger partial charge in [0.1, 0.15) is 0 Å². The zero-order chi connectivity index (χ0) is 12.1. The smallest absolute Gasteiger partial charge is 0.173 e. The Morgan fingerprint density at radius 1 is 1.44 bits per heavy atom. The Balaban J connectivity index is 2.96. The van der Waals surface area contributed by atoms with E-state index in [9.17, 15) is 8.78 Å². The lowest BCUT2D eigenvalue weighted by Crippen LogP contribution is -2.28. The van der Waals surface area contributed by atoms with E-state index < -0.39 is 11.6 Å². The molecule has 2 nitrogen and oxygen atoms in total. The summed E-state index contributed by atoms with van der Waals surface area (Å²) in [5.74, 6) is 3.69. The summed E-state index contributed by atoms with van der Waals surface area (Å²) in [5, 5.41) is 0. The van der Waals surface area contributed by atoms with Crippen LogP contribution in [0.1, 0.15) is 37.8 Å². The van der Waals surface area contributed by atoms with E-state index in [0.717, 1.165) is 25.3 Å². The molecule has 1 rings (SSSR count). The maximum atomic E-state index is 13.3. The van der Waals surface area contributed by atoms with Crippen LogP contribution in [0.25, 0.3) is 0 Å². The van der Waals surface area contributed by atoms with Gasteiger partial charge in [0.25, 0.3) is 0 Å². The van der Waals surface area contributed by atoms with Gasteiger partial charge in [-0.2, -0.15) is 0 Å². The van der Waals surface area contributed by atoms with Crippen LogP contribution in [0, 0.1) is 11.6 Å². The Hall–Kier alpha value is -0.520. The lowest BCUT2D eigenvalue weighted by atomic mass is 10.0. The number of hydrogen-bond donors (Lipinski definition) is 2. The highest BCUT2D eigenvalue weighted by molar-refractivity contribution is 9.10. The van der Waals surface area contributed by atoms with Gasteiger partial charge in [0.15, 0.2) is 11.6 Å². The monoisotopic (exact) mass is 292 g/mol. The number of hydrazine groups is 1. The second-order valence-corrected chi connectivity index (χ2v) is 4.42. The molecule has 0 spiro atoms. The molecule has 0 saturated carbocycles. The number of halogens is 3. The third-order valence-corrected chi connectivity index (χ3v) is 3.29. The summed E-state index contributed by atoms with van der Waals surface area (Å²) in [6.07, 6.45) is 2.79. The third kappa shape index (κ3) is 2.99. The summed E-state index contributed by atoms with van der Waals surface area (Å²) in [6.45, 7) is 2.06. The summed E-state index contributed by atoms with van der Waals surface area (Å²) in [6, 6.07) is 2.50. The molecule has 0 amide bonds. The van der Waals surface area contributed by atoms with E-state index in [1.54, 1.807) is 6.07 Å². The second kappa shape index (κ2) is 6.27. The predicted molar refractivity (Wildman–Crippen MR) is 63.6 cm³/mol. The lowest BCUT2D eigenvalue weighted by Gasteiger charge is -2.17. The largest absolute Gasteiger partial charge is 0.271 e. The van der Waals surface area contributed by atoms with Crippen molar-refractivity contribution >= 4 is 15.9 Å². The first-order chi connectivity index (χ1) is 7.61. The van der Waals surface area contributed by atoms with Gasteiger partial charge < -0.3 is 0 Å². The van der Waals surface area contributed by atoms with Crippen molar-refractivity contribution in [2.75, 3.05) is 0 Å². The van der Waals surface area contributed by atoms with Crippen LogP contribution < -0.4 is 11.3 Å². The molecular formula is C11H15BrF2N2. The highest BCUT2D eigenvalue weighted by atomic mass is 79.9. The van der Waals surface area contributed by atoms with Crippen molar-refractivity contribution in [3.05, 3.63) is 33.8 Å². The normalized spacial score (nSPS) is 12.8. The molecule has 0 heterocycles. The number of unbranched alkanes of at least 4 members (excludes halogenated alkanes) is 1. The Labute approximate surface area is 102 Å². The molecule has 16 heavy (non-hydrogen) atoms. The van der Waals surface area contributed by atoms with Crippen LogP contribution in [-0.2, 0) is 0 Å². The molecule has 1 atom stereocenters. The second-order valence-electron chi connectivity index (χ2n) is 3.63. The molecule has 0 aliphatic rings. The first kappa shape index (κ1) is 13.5. The average molecular weight is 293 g/mol. The average Bonchev–Trinajstić information content (AvgIpc) is 2.29. The molecule has 1 unspecified atom stereocenters. The minimum absolute atomic E-state index is 0.145. The molecular weight excluding hydrogens is 278 g/mol. The SMILES string of the molecule is CCCCC(NN)c1ccc(F)c(F)c1Br. The minimum Gasteiger partial charge on any atom is -0.271 e. The number of benzene rings is 1. The van der Waals surface area contributed by atoms with Gasteiger partial charge >= 0.3 is 0 Å². The van der Waals surface area contributed by atoms with Gasteiger partial charge in [-0.1, -0.05) is 25.8 Å². The minimum atomic E-state index is -0.866. The molecule has 1 aromatic rings. The van der Waals surface area contributed by atoms with Crippen LogP contribution in [-0.4, -0.2) is 0 Å². The van der Waals surface area contributed by atoms with Crippen LogP contribution in [0.3, 0.4) is 0 Å². The molecule has 3 N–H and O–H groups in total. The summed E-state index contributed by atoms with van der Waals surface area (Å²) in [7, 11) is 0. The van der Waals surface area contributed by atoms with Gasteiger partial charge in [-0.15, -0.1) is 0 Å². The molecule has 0 aromatic heterocycles. The first-order valence-corrected chi connectivity index (χ1v) is 6.00. The molecule has 0 bridgehead atoms. The maximum Gasteiger partial charge on any atom is 0.173 e. The molecule has 5 heteroatoms. The van der Waals surface area contributed by atoms with Crippen molar-refractivity contribution in [2.24, 2.45) is 5.84 Å². The number of nitrogens with two attached hydrogens (primary N) is 1. The van der Waals surface area contributed by atoms with Crippen molar-refractivity contribution < 1.29 is 8.78 Å². The van der Waals surface area contributed by atoms with Crippen molar-refractivity contribution in [2.45, 2.75) is 32.2 Å². The fraction of sp³-hybridized carbons (Fsp3) is 0.455. The van der Waals surface area contributed by atoms with E-state index in [2.05, 4.69) is 28.3 Å². The van der Waals surface area contributed by atoms with Gasteiger partial charge in [-0.3, -0.25) is 11.3 Å². The van der Waals surface area contributed by atoms with E-state index in [1.807, 2.05) is 0 Å². The summed E-state index contributed by atoms with van der Waals surface area (Å²) >= 11 is 3.05. The lowest BCUT2D eigenvalue weighted by molar-refractivity contribution is 0.473. The van der Waals surface area contributed by atoms with Crippen LogP contribution in [0.2, 0.25) is 0 Å². The maximum absolute atomic E-state index is 13.3. The fourth-order valence-electron chi connectivity index (χ4n) is 1.55. The molecule has 0 aliphatic heterocycles. The standard InChI is InChI=1S/C11H15BrF2N2/c1-2-3-4-9(16-15)7-5-6-8(13)11(14)10(7)12/h5-6,9,16H,2-4,15H2,1H3. The highest BCUT2D eigenvalue weighted by Crippen LogP contribution is 2.29. The van der Waals surface area contributed by atoms with E-state index in [4.69, 9.17) is 5.84 Å². The first-order valence-electron chi connectivity index (χ1n) is 5.21. The van der Waals surface area contributed by atoms with Crippen LogP contribution in [0.5, 0.6) is 0 Å². The Bertz CT molecular complexity index is 358. The molecule has 0 radical (unpaired) electrons. The predicted octanol–water partition coefficient (Wildman–Crippen LogP) is 3.42. The summed E-state index contributed by atoms with van der Waals surface area (Å²) in [4.78, 5) is 0. The zero-order valence-electron chi connectivity index (χ0n) is 9.06. The number of hydrogen-bond acceptors (Lipinski definition) is 2. The van der Waals surface area contributed by atoms with Gasteiger partial charge in [-0.05, 0) is 34.0 Å². The highest BCUT2D eigenvalue weighted by Gasteiger charge is 2.17. The van der Waals surface area contributed by atoms with E-state index >= 15 is 0 Å². The van der Waals surface area contributed by atoms with Crippen LogP contribution >= 0.6 is 15.9 Å². The van der Waals surface area contributed by atoms with Crippen molar-refractivity contribution in [1.82, 2.24) is 5.43 Å². The quantitative estimate of drug-likeness (QED) is 0.496. The van der Waals surface area contributed by atoms with E-state index in [0.29, 0.717) is 5.56 Å². The topological polar surface area (TPSA) is 38.0 Å². The Morgan fingerprint density at radius 3 is 2.69 bits per heavy atom.